The van der Waals surface area contributed by atoms with Crippen molar-refractivity contribution in [2.24, 2.45) is 0 Å². The number of ether oxygens (including phenoxy) is 2. The normalized spacial score (nSPS) is 11.6. The lowest BCUT2D eigenvalue weighted by Gasteiger charge is -2.18. The second-order valence-corrected chi connectivity index (χ2v) is 5.90. The third-order valence-corrected chi connectivity index (χ3v) is 2.93. The third kappa shape index (κ3) is 5.70. The predicted molar refractivity (Wildman–Crippen MR) is 75.2 cm³/mol. The molecule has 1 aromatic rings. The fourth-order valence-electron chi connectivity index (χ4n) is 1.22. The van der Waals surface area contributed by atoms with Gasteiger partial charge in [0.05, 0.1) is 6.61 Å². The minimum absolute atomic E-state index is 0.344. The molecular formula is C14H18O4S. The number of thiophene rings is 1. The first kappa shape index (κ1) is 15.4. The predicted octanol–water partition coefficient (Wildman–Crippen LogP) is 3.28. The summed E-state index contributed by atoms with van der Waals surface area (Å²) >= 11 is 1.27. The Bertz CT molecular complexity index is 480. The number of esters is 2. The zero-order valence-corrected chi connectivity index (χ0v) is 12.4. The van der Waals surface area contributed by atoms with E-state index in [2.05, 4.69) is 0 Å². The van der Waals surface area contributed by atoms with Crippen molar-refractivity contribution in [3.63, 3.8) is 0 Å². The Hall–Kier alpha value is -1.62. The van der Waals surface area contributed by atoms with Crippen molar-refractivity contribution in [3.05, 3.63) is 28.0 Å². The molecule has 0 saturated heterocycles. The number of hydrogen-bond donors (Lipinski definition) is 0. The molecule has 0 atom stereocenters. The highest BCUT2D eigenvalue weighted by atomic mass is 32.1. The molecule has 5 heteroatoms. The van der Waals surface area contributed by atoms with Crippen LogP contribution in [0.1, 0.15) is 42.2 Å². The van der Waals surface area contributed by atoms with E-state index in [4.69, 9.17) is 9.47 Å². The van der Waals surface area contributed by atoms with Gasteiger partial charge in [0.25, 0.3) is 0 Å². The quantitative estimate of drug-likeness (QED) is 0.628. The molecule has 19 heavy (non-hydrogen) atoms. The molecule has 4 nitrogen and oxygen atoms in total. The Morgan fingerprint density at radius 2 is 2.00 bits per heavy atom. The van der Waals surface area contributed by atoms with Crippen molar-refractivity contribution in [2.75, 3.05) is 6.61 Å². The molecule has 0 aromatic carbocycles. The molecule has 1 rings (SSSR count). The van der Waals surface area contributed by atoms with Gasteiger partial charge in [0, 0.05) is 11.0 Å². The SMILES string of the molecule is CCOC(=O)/C=C/c1ccc(C(=O)OC(C)(C)C)s1. The van der Waals surface area contributed by atoms with Gasteiger partial charge in [-0.3, -0.25) is 0 Å². The summed E-state index contributed by atoms with van der Waals surface area (Å²) in [6.45, 7) is 7.55. The second-order valence-electron chi connectivity index (χ2n) is 4.79. The van der Waals surface area contributed by atoms with E-state index in [1.54, 1.807) is 25.1 Å². The van der Waals surface area contributed by atoms with Crippen LogP contribution >= 0.6 is 11.3 Å². The fraction of sp³-hybridized carbons (Fsp3) is 0.429. The van der Waals surface area contributed by atoms with Crippen molar-refractivity contribution in [2.45, 2.75) is 33.3 Å². The van der Waals surface area contributed by atoms with Gasteiger partial charge in [0.15, 0.2) is 0 Å². The average Bonchev–Trinajstić information content (AvgIpc) is 2.73. The van der Waals surface area contributed by atoms with E-state index in [1.807, 2.05) is 20.8 Å². The highest BCUT2D eigenvalue weighted by molar-refractivity contribution is 7.14. The van der Waals surface area contributed by atoms with Crippen LogP contribution in [0.4, 0.5) is 0 Å². The maximum atomic E-state index is 11.8. The average molecular weight is 282 g/mol. The second kappa shape index (κ2) is 6.52. The molecule has 0 aliphatic heterocycles. The maximum Gasteiger partial charge on any atom is 0.348 e. The van der Waals surface area contributed by atoms with Gasteiger partial charge in [-0.2, -0.15) is 0 Å². The summed E-state index contributed by atoms with van der Waals surface area (Å²) in [6, 6.07) is 3.45. The van der Waals surface area contributed by atoms with Crippen LogP contribution in [0, 0.1) is 0 Å². The van der Waals surface area contributed by atoms with Gasteiger partial charge in [-0.1, -0.05) is 0 Å². The van der Waals surface area contributed by atoms with Crippen LogP contribution in [0.3, 0.4) is 0 Å². The van der Waals surface area contributed by atoms with Crippen LogP contribution in [0.15, 0.2) is 18.2 Å². The number of rotatable bonds is 4. The Balaban J connectivity index is 2.67. The van der Waals surface area contributed by atoms with Crippen molar-refractivity contribution < 1.29 is 19.1 Å². The summed E-state index contributed by atoms with van der Waals surface area (Å²) in [5, 5.41) is 0. The van der Waals surface area contributed by atoms with Gasteiger partial charge < -0.3 is 9.47 Å². The summed E-state index contributed by atoms with van der Waals surface area (Å²) in [6.07, 6.45) is 2.96. The summed E-state index contributed by atoms with van der Waals surface area (Å²) in [5.41, 5.74) is -0.512. The Morgan fingerprint density at radius 3 is 2.58 bits per heavy atom. The summed E-state index contributed by atoms with van der Waals surface area (Å²) < 4.78 is 10.0. The molecule has 1 aromatic heterocycles. The molecule has 1 heterocycles. The molecule has 0 amide bonds. The van der Waals surface area contributed by atoms with Gasteiger partial charge in [0.1, 0.15) is 10.5 Å². The zero-order valence-electron chi connectivity index (χ0n) is 11.6. The van der Waals surface area contributed by atoms with Gasteiger partial charge in [-0.15, -0.1) is 11.3 Å². The van der Waals surface area contributed by atoms with Crippen molar-refractivity contribution in [1.82, 2.24) is 0 Å². The molecule has 0 spiro atoms. The lowest BCUT2D eigenvalue weighted by molar-refractivity contribution is -0.137. The number of hydrogen-bond acceptors (Lipinski definition) is 5. The van der Waals surface area contributed by atoms with Crippen molar-refractivity contribution in [1.29, 1.82) is 0 Å². The first-order valence-corrected chi connectivity index (χ1v) is 6.81. The first-order chi connectivity index (χ1) is 8.81. The van der Waals surface area contributed by atoms with Gasteiger partial charge in [-0.05, 0) is 45.9 Å². The molecule has 104 valence electrons. The van der Waals surface area contributed by atoms with Crippen LogP contribution in [0.25, 0.3) is 6.08 Å². The van der Waals surface area contributed by atoms with Gasteiger partial charge >= 0.3 is 11.9 Å². The molecule has 0 fully saturated rings. The minimum atomic E-state index is -0.512. The van der Waals surface area contributed by atoms with Crippen LogP contribution in [0.5, 0.6) is 0 Å². The van der Waals surface area contributed by atoms with Crippen molar-refractivity contribution >= 4 is 29.4 Å². The molecule has 0 saturated carbocycles. The lowest BCUT2D eigenvalue weighted by Crippen LogP contribution is -2.23. The largest absolute Gasteiger partial charge is 0.463 e. The molecule has 0 aliphatic rings. The van der Waals surface area contributed by atoms with E-state index in [0.29, 0.717) is 11.5 Å². The van der Waals surface area contributed by atoms with Crippen LogP contribution < -0.4 is 0 Å². The molecule has 0 bridgehead atoms. The zero-order chi connectivity index (χ0) is 14.5. The van der Waals surface area contributed by atoms with Crippen molar-refractivity contribution in [3.8, 4) is 0 Å². The Kier molecular flexibility index (Phi) is 5.30. The first-order valence-electron chi connectivity index (χ1n) is 6.00. The molecular weight excluding hydrogens is 264 g/mol. The van der Waals surface area contributed by atoms with Crippen LogP contribution in [-0.2, 0) is 14.3 Å². The molecule has 0 radical (unpaired) electrons. The monoisotopic (exact) mass is 282 g/mol. The van der Waals surface area contributed by atoms with Gasteiger partial charge in [0.2, 0.25) is 0 Å². The maximum absolute atomic E-state index is 11.8. The molecule has 0 unspecified atom stereocenters. The molecule has 0 aliphatic carbocycles. The molecule has 0 N–H and O–H groups in total. The topological polar surface area (TPSA) is 52.6 Å². The van der Waals surface area contributed by atoms with E-state index in [-0.39, 0.29) is 5.97 Å². The highest BCUT2D eigenvalue weighted by Crippen LogP contribution is 2.21. The van der Waals surface area contributed by atoms with Crippen LogP contribution in [0.2, 0.25) is 0 Å². The number of carbonyl (C=O) groups is 2. The van der Waals surface area contributed by atoms with E-state index in [1.165, 1.54) is 17.4 Å². The number of carbonyl (C=O) groups excluding carboxylic acids is 2. The third-order valence-electron chi connectivity index (χ3n) is 1.90. The van der Waals surface area contributed by atoms with E-state index in [0.717, 1.165) is 4.88 Å². The van der Waals surface area contributed by atoms with E-state index in [9.17, 15) is 9.59 Å². The lowest BCUT2D eigenvalue weighted by atomic mass is 10.2. The minimum Gasteiger partial charge on any atom is -0.463 e. The Labute approximate surface area is 117 Å². The van der Waals surface area contributed by atoms with E-state index < -0.39 is 11.6 Å². The summed E-state index contributed by atoms with van der Waals surface area (Å²) in [7, 11) is 0. The van der Waals surface area contributed by atoms with Crippen LogP contribution in [-0.4, -0.2) is 24.1 Å². The van der Waals surface area contributed by atoms with E-state index >= 15 is 0 Å². The Morgan fingerprint density at radius 1 is 1.32 bits per heavy atom. The smallest absolute Gasteiger partial charge is 0.348 e. The highest BCUT2D eigenvalue weighted by Gasteiger charge is 2.18. The standard InChI is InChI=1S/C14H18O4S/c1-5-17-12(15)9-7-10-6-8-11(19-10)13(16)18-14(2,3)4/h6-9H,5H2,1-4H3/b9-7+. The van der Waals surface area contributed by atoms with Gasteiger partial charge in [-0.25, -0.2) is 9.59 Å². The fourth-order valence-corrected chi connectivity index (χ4v) is 2.01. The summed E-state index contributed by atoms with van der Waals surface area (Å²) in [5.74, 6) is -0.747. The summed E-state index contributed by atoms with van der Waals surface area (Å²) in [4.78, 5) is 24.2.